The summed E-state index contributed by atoms with van der Waals surface area (Å²) in [6.07, 6.45) is 7.81. The first-order valence-corrected chi connectivity index (χ1v) is 19.5. The lowest BCUT2D eigenvalue weighted by Crippen LogP contribution is -1.99. The Morgan fingerprint density at radius 2 is 1.23 bits per heavy atom. The molecule has 8 aromatic carbocycles. The molecule has 1 atom stereocenters. The third-order valence-electron chi connectivity index (χ3n) is 11.5. The van der Waals surface area contributed by atoms with Gasteiger partial charge in [-0.15, -0.1) is 0 Å². The molecule has 3 heteroatoms. The summed E-state index contributed by atoms with van der Waals surface area (Å²) in [4.78, 5) is 0. The van der Waals surface area contributed by atoms with E-state index in [1.807, 2.05) is 12.1 Å². The number of aromatic nitrogens is 1. The average Bonchev–Trinajstić information content (AvgIpc) is 3.79. The molecule has 0 saturated carbocycles. The third kappa shape index (κ3) is 5.43. The number of rotatable bonds is 6. The van der Waals surface area contributed by atoms with E-state index < -0.39 is 0 Å². The Balaban J connectivity index is 1.06. The van der Waals surface area contributed by atoms with Gasteiger partial charge in [-0.05, 0) is 112 Å². The summed E-state index contributed by atoms with van der Waals surface area (Å²) in [5, 5.41) is 11.0. The Bertz CT molecular complexity index is 3220. The molecule has 1 unspecified atom stereocenters. The van der Waals surface area contributed by atoms with Gasteiger partial charge in [0.25, 0.3) is 0 Å². The molecule has 56 heavy (non-hydrogen) atoms. The zero-order valence-corrected chi connectivity index (χ0v) is 31.0. The molecule has 0 radical (unpaired) electrons. The smallest absolute Gasteiger partial charge is 0.135 e. The number of furan rings is 1. The van der Waals surface area contributed by atoms with Crippen LogP contribution in [0.1, 0.15) is 18.9 Å². The molecule has 3 nitrogen and oxygen atoms in total. The van der Waals surface area contributed by atoms with Gasteiger partial charge in [0.2, 0.25) is 0 Å². The summed E-state index contributed by atoms with van der Waals surface area (Å²) in [7, 11) is 0. The van der Waals surface area contributed by atoms with Crippen LogP contribution in [0.3, 0.4) is 0 Å². The molecule has 0 amide bonds. The number of para-hydroxylation sites is 2. The first-order chi connectivity index (χ1) is 27.6. The summed E-state index contributed by atoms with van der Waals surface area (Å²) in [6.45, 7) is 2.29. The van der Waals surface area contributed by atoms with Crippen molar-refractivity contribution in [3.05, 3.63) is 194 Å². The molecule has 1 aliphatic rings. The monoisotopic (exact) mass is 718 g/mol. The number of allylic oxidation sites excluding steroid dienone is 4. The molecule has 11 rings (SSSR count). The second-order valence-corrected chi connectivity index (χ2v) is 15.1. The highest BCUT2D eigenvalue weighted by molar-refractivity contribution is 6.11. The molecule has 10 aromatic rings. The van der Waals surface area contributed by atoms with Crippen LogP contribution in [-0.4, -0.2) is 4.57 Å². The van der Waals surface area contributed by atoms with Crippen LogP contribution in [0.2, 0.25) is 0 Å². The lowest BCUT2D eigenvalue weighted by Gasteiger charge is -2.17. The standard InChI is InChI=1S/C53H38N2O/c1-34-11-8-14-36(29-34)37-15-9-16-41(30-37)55-50-21-6-4-18-43(50)46-32-39(24-27-51(46)55)38-23-26-49(54-48-20-10-13-35-12-2-3-17-42(35)48)45(31-38)40-25-28-53-47(33-40)44-19-5-7-22-52(44)56-53/h2-28,30-34,54H,29H2,1H3. The Morgan fingerprint density at radius 1 is 0.518 bits per heavy atom. The Hall–Kier alpha value is -7.10. The van der Waals surface area contributed by atoms with Crippen molar-refractivity contribution in [2.24, 2.45) is 5.92 Å². The maximum atomic E-state index is 6.24. The van der Waals surface area contributed by atoms with Gasteiger partial charge in [-0.1, -0.05) is 128 Å². The number of nitrogens with one attached hydrogen (secondary N) is 1. The van der Waals surface area contributed by atoms with E-state index in [1.54, 1.807) is 0 Å². The predicted molar refractivity (Wildman–Crippen MR) is 237 cm³/mol. The van der Waals surface area contributed by atoms with Crippen LogP contribution in [-0.2, 0) is 0 Å². The number of hydrogen-bond donors (Lipinski definition) is 1. The number of hydrogen-bond acceptors (Lipinski definition) is 2. The van der Waals surface area contributed by atoms with Gasteiger partial charge in [-0.25, -0.2) is 0 Å². The van der Waals surface area contributed by atoms with Crippen LogP contribution in [0.5, 0.6) is 0 Å². The Labute approximate surface area is 325 Å². The molecular formula is C53H38N2O. The van der Waals surface area contributed by atoms with Crippen molar-refractivity contribution in [1.82, 2.24) is 4.57 Å². The van der Waals surface area contributed by atoms with Crippen molar-refractivity contribution in [3.63, 3.8) is 0 Å². The SMILES string of the molecule is CC1C=CC=C(c2cccc(-n3c4ccccc4c4cc(-c5ccc(Nc6cccc7ccccc67)c(-c6ccc7oc8ccccc8c7c6)c5)ccc43)c2)C1. The maximum absolute atomic E-state index is 6.24. The maximum Gasteiger partial charge on any atom is 0.135 e. The van der Waals surface area contributed by atoms with Crippen molar-refractivity contribution in [3.8, 4) is 27.9 Å². The minimum atomic E-state index is 0.544. The molecule has 0 spiro atoms. The normalized spacial score (nSPS) is 14.3. The van der Waals surface area contributed by atoms with Gasteiger partial charge in [0, 0.05) is 49.6 Å². The molecule has 1 N–H and O–H groups in total. The molecule has 2 heterocycles. The van der Waals surface area contributed by atoms with Crippen molar-refractivity contribution in [1.29, 1.82) is 0 Å². The van der Waals surface area contributed by atoms with Gasteiger partial charge in [0.15, 0.2) is 0 Å². The van der Waals surface area contributed by atoms with Crippen molar-refractivity contribution in [2.45, 2.75) is 13.3 Å². The van der Waals surface area contributed by atoms with Gasteiger partial charge in [0.05, 0.1) is 11.0 Å². The zero-order valence-electron chi connectivity index (χ0n) is 31.0. The minimum Gasteiger partial charge on any atom is -0.456 e. The van der Waals surface area contributed by atoms with Crippen molar-refractivity contribution < 1.29 is 4.42 Å². The van der Waals surface area contributed by atoms with E-state index in [0.717, 1.165) is 56.4 Å². The van der Waals surface area contributed by atoms with E-state index in [4.69, 9.17) is 4.42 Å². The van der Waals surface area contributed by atoms with Crippen LogP contribution in [0.15, 0.2) is 193 Å². The lowest BCUT2D eigenvalue weighted by molar-refractivity contribution is 0.669. The summed E-state index contributed by atoms with van der Waals surface area (Å²) < 4.78 is 8.66. The highest BCUT2D eigenvalue weighted by atomic mass is 16.3. The fraction of sp³-hybridized carbons (Fsp3) is 0.0566. The largest absolute Gasteiger partial charge is 0.456 e. The number of anilines is 2. The third-order valence-corrected chi connectivity index (χ3v) is 11.5. The van der Waals surface area contributed by atoms with Crippen LogP contribution >= 0.6 is 0 Å². The van der Waals surface area contributed by atoms with E-state index >= 15 is 0 Å². The molecule has 1 aliphatic carbocycles. The van der Waals surface area contributed by atoms with Crippen LogP contribution < -0.4 is 5.32 Å². The van der Waals surface area contributed by atoms with E-state index in [1.165, 1.54) is 55.0 Å². The molecular weight excluding hydrogens is 681 g/mol. The van der Waals surface area contributed by atoms with Crippen molar-refractivity contribution in [2.75, 3.05) is 5.32 Å². The predicted octanol–water partition coefficient (Wildman–Crippen LogP) is 14.9. The van der Waals surface area contributed by atoms with Crippen LogP contribution in [0, 0.1) is 5.92 Å². The van der Waals surface area contributed by atoms with Crippen molar-refractivity contribution >= 4 is 71.5 Å². The highest BCUT2D eigenvalue weighted by Gasteiger charge is 2.17. The zero-order chi connectivity index (χ0) is 37.2. The first-order valence-electron chi connectivity index (χ1n) is 19.5. The van der Waals surface area contributed by atoms with E-state index in [0.29, 0.717) is 5.92 Å². The topological polar surface area (TPSA) is 30.1 Å². The molecule has 266 valence electrons. The summed E-state index contributed by atoms with van der Waals surface area (Å²) >= 11 is 0. The number of nitrogens with zero attached hydrogens (tertiary/aromatic N) is 1. The van der Waals surface area contributed by atoms with Gasteiger partial charge in [-0.2, -0.15) is 0 Å². The second-order valence-electron chi connectivity index (χ2n) is 15.1. The minimum absolute atomic E-state index is 0.544. The Morgan fingerprint density at radius 3 is 2.16 bits per heavy atom. The van der Waals surface area contributed by atoms with Gasteiger partial charge in [0.1, 0.15) is 11.2 Å². The van der Waals surface area contributed by atoms with Gasteiger partial charge >= 0.3 is 0 Å². The summed E-state index contributed by atoms with van der Waals surface area (Å²) in [5.74, 6) is 0.544. The van der Waals surface area contributed by atoms with E-state index in [-0.39, 0.29) is 0 Å². The fourth-order valence-corrected chi connectivity index (χ4v) is 8.78. The second kappa shape index (κ2) is 13.0. The van der Waals surface area contributed by atoms with E-state index in [9.17, 15) is 0 Å². The molecule has 0 bridgehead atoms. The van der Waals surface area contributed by atoms with Crippen LogP contribution in [0.25, 0.3) is 88.0 Å². The highest BCUT2D eigenvalue weighted by Crippen LogP contribution is 2.41. The van der Waals surface area contributed by atoms with Crippen LogP contribution in [0.4, 0.5) is 11.4 Å². The molecule has 0 fully saturated rings. The van der Waals surface area contributed by atoms with E-state index in [2.05, 4.69) is 193 Å². The quantitative estimate of drug-likeness (QED) is 0.186. The number of fused-ring (bicyclic) bond motifs is 7. The molecule has 2 aromatic heterocycles. The Kier molecular flexibility index (Phi) is 7.53. The summed E-state index contributed by atoms with van der Waals surface area (Å²) in [5.41, 5.74) is 14.8. The average molecular weight is 719 g/mol. The summed E-state index contributed by atoms with van der Waals surface area (Å²) in [6, 6.07) is 61.5. The first kappa shape index (κ1) is 32.3. The number of benzene rings is 8. The molecule has 0 aliphatic heterocycles. The van der Waals surface area contributed by atoms with Gasteiger partial charge in [-0.3, -0.25) is 0 Å². The molecule has 0 saturated heterocycles. The fourth-order valence-electron chi connectivity index (χ4n) is 8.78. The lowest BCUT2D eigenvalue weighted by atomic mass is 9.91. The van der Waals surface area contributed by atoms with Gasteiger partial charge < -0.3 is 14.3 Å².